The van der Waals surface area contributed by atoms with Gasteiger partial charge in [0.2, 0.25) is 0 Å². The van der Waals surface area contributed by atoms with Crippen LogP contribution in [0.4, 0.5) is 0 Å². The van der Waals surface area contributed by atoms with Gasteiger partial charge in [0.15, 0.2) is 0 Å². The summed E-state index contributed by atoms with van der Waals surface area (Å²) in [6.45, 7) is 7.16. The molecular formula is C23H29NO. The molecule has 25 heavy (non-hydrogen) atoms. The van der Waals surface area contributed by atoms with E-state index in [1.165, 1.54) is 30.5 Å². The Bertz CT molecular complexity index is 728. The van der Waals surface area contributed by atoms with Crippen LogP contribution >= 0.6 is 0 Å². The minimum atomic E-state index is 0.152. The van der Waals surface area contributed by atoms with Gasteiger partial charge < -0.3 is 5.11 Å². The molecule has 2 aliphatic heterocycles. The minimum Gasteiger partial charge on any atom is -0.508 e. The average molecular weight is 335 g/mol. The van der Waals surface area contributed by atoms with E-state index in [9.17, 15) is 5.11 Å². The second-order valence-electron chi connectivity index (χ2n) is 8.25. The molecule has 0 bridgehead atoms. The molecule has 2 heterocycles. The van der Waals surface area contributed by atoms with Crippen LogP contribution in [-0.4, -0.2) is 29.1 Å². The van der Waals surface area contributed by atoms with Crippen molar-refractivity contribution in [1.29, 1.82) is 0 Å². The molecule has 4 atom stereocenters. The number of phenols is 1. The van der Waals surface area contributed by atoms with Gasteiger partial charge in [0.25, 0.3) is 0 Å². The summed E-state index contributed by atoms with van der Waals surface area (Å²) in [6, 6.07) is 19.6. The number of phenolic OH excluding ortho intramolecular Hbond substituents is 1. The van der Waals surface area contributed by atoms with Crippen molar-refractivity contribution in [2.24, 2.45) is 5.92 Å². The molecule has 0 aliphatic carbocycles. The third kappa shape index (κ3) is 2.97. The van der Waals surface area contributed by atoms with Crippen LogP contribution < -0.4 is 0 Å². The van der Waals surface area contributed by atoms with Crippen LogP contribution in [0.1, 0.15) is 50.2 Å². The molecule has 2 aliphatic rings. The zero-order valence-electron chi connectivity index (χ0n) is 15.4. The number of hydrogen-bond acceptors (Lipinski definition) is 2. The Hall–Kier alpha value is -1.80. The van der Waals surface area contributed by atoms with Gasteiger partial charge in [-0.05, 0) is 66.3 Å². The minimum absolute atomic E-state index is 0.152. The summed E-state index contributed by atoms with van der Waals surface area (Å²) in [5.74, 6) is 1.66. The van der Waals surface area contributed by atoms with Gasteiger partial charge in [0.1, 0.15) is 5.75 Å². The van der Waals surface area contributed by atoms with Gasteiger partial charge in [0.05, 0.1) is 0 Å². The van der Waals surface area contributed by atoms with E-state index in [1.807, 2.05) is 12.1 Å². The molecule has 4 rings (SSSR count). The number of fused-ring (bicyclic) bond motifs is 1. The SMILES string of the molecule is CC1C2CCC(c3ccccc3)CN2CC[C@@]1(C)c1cccc(O)c1. The number of hydrogen-bond donors (Lipinski definition) is 1. The Balaban J connectivity index is 1.54. The predicted octanol–water partition coefficient (Wildman–Crippen LogP) is 4.94. The highest BCUT2D eigenvalue weighted by Crippen LogP contribution is 2.47. The smallest absolute Gasteiger partial charge is 0.115 e. The molecule has 0 amide bonds. The van der Waals surface area contributed by atoms with Crippen molar-refractivity contribution in [2.75, 3.05) is 13.1 Å². The van der Waals surface area contributed by atoms with E-state index in [0.717, 1.165) is 13.0 Å². The monoisotopic (exact) mass is 335 g/mol. The largest absolute Gasteiger partial charge is 0.508 e. The van der Waals surface area contributed by atoms with Crippen LogP contribution in [0.15, 0.2) is 54.6 Å². The van der Waals surface area contributed by atoms with Crippen LogP contribution in [0.3, 0.4) is 0 Å². The van der Waals surface area contributed by atoms with Crippen LogP contribution in [0.2, 0.25) is 0 Å². The molecule has 0 spiro atoms. The number of nitrogens with zero attached hydrogens (tertiary/aromatic N) is 1. The van der Waals surface area contributed by atoms with E-state index in [2.05, 4.69) is 55.1 Å². The quantitative estimate of drug-likeness (QED) is 0.840. The van der Waals surface area contributed by atoms with E-state index >= 15 is 0 Å². The molecule has 3 unspecified atom stereocenters. The van der Waals surface area contributed by atoms with E-state index < -0.39 is 0 Å². The lowest BCUT2D eigenvalue weighted by atomic mass is 9.63. The predicted molar refractivity (Wildman–Crippen MR) is 103 cm³/mol. The van der Waals surface area contributed by atoms with Crippen molar-refractivity contribution in [2.45, 2.75) is 50.5 Å². The zero-order valence-corrected chi connectivity index (χ0v) is 15.4. The summed E-state index contributed by atoms with van der Waals surface area (Å²) < 4.78 is 0. The number of benzene rings is 2. The van der Waals surface area contributed by atoms with E-state index in [1.54, 1.807) is 6.07 Å². The first-order valence-electron chi connectivity index (χ1n) is 9.66. The van der Waals surface area contributed by atoms with Gasteiger partial charge in [-0.2, -0.15) is 0 Å². The van der Waals surface area contributed by atoms with Gasteiger partial charge in [-0.15, -0.1) is 0 Å². The Labute approximate surface area is 151 Å². The Morgan fingerprint density at radius 1 is 1.04 bits per heavy atom. The highest BCUT2D eigenvalue weighted by molar-refractivity contribution is 5.34. The summed E-state index contributed by atoms with van der Waals surface area (Å²) in [7, 11) is 0. The first kappa shape index (κ1) is 16.7. The van der Waals surface area contributed by atoms with E-state index in [-0.39, 0.29) is 5.41 Å². The lowest BCUT2D eigenvalue weighted by Crippen LogP contribution is -2.56. The molecule has 0 saturated carbocycles. The van der Waals surface area contributed by atoms with Gasteiger partial charge in [0, 0.05) is 12.6 Å². The van der Waals surface area contributed by atoms with E-state index in [0.29, 0.717) is 23.6 Å². The summed E-state index contributed by atoms with van der Waals surface area (Å²) in [6.07, 6.45) is 3.72. The van der Waals surface area contributed by atoms with Crippen molar-refractivity contribution in [3.8, 4) is 5.75 Å². The third-order valence-electron chi connectivity index (χ3n) is 7.01. The van der Waals surface area contributed by atoms with Crippen molar-refractivity contribution in [3.05, 3.63) is 65.7 Å². The lowest BCUT2D eigenvalue weighted by Gasteiger charge is -2.53. The first-order chi connectivity index (χ1) is 12.1. The highest BCUT2D eigenvalue weighted by Gasteiger charge is 2.46. The molecule has 2 fully saturated rings. The van der Waals surface area contributed by atoms with Gasteiger partial charge in [-0.3, -0.25) is 4.90 Å². The third-order valence-corrected chi connectivity index (χ3v) is 7.01. The maximum absolute atomic E-state index is 9.93. The molecule has 2 heteroatoms. The summed E-state index contributed by atoms with van der Waals surface area (Å²) in [5, 5.41) is 9.93. The highest BCUT2D eigenvalue weighted by atomic mass is 16.3. The Morgan fingerprint density at radius 2 is 1.84 bits per heavy atom. The summed E-state index contributed by atoms with van der Waals surface area (Å²) >= 11 is 0. The molecule has 0 radical (unpaired) electrons. The summed E-state index contributed by atoms with van der Waals surface area (Å²) in [5.41, 5.74) is 2.94. The van der Waals surface area contributed by atoms with Gasteiger partial charge in [-0.25, -0.2) is 0 Å². The molecule has 2 aromatic carbocycles. The molecule has 1 N–H and O–H groups in total. The van der Waals surface area contributed by atoms with E-state index in [4.69, 9.17) is 0 Å². The van der Waals surface area contributed by atoms with Crippen molar-refractivity contribution in [1.82, 2.24) is 4.90 Å². The van der Waals surface area contributed by atoms with Gasteiger partial charge in [-0.1, -0.05) is 56.3 Å². The molecule has 2 saturated heterocycles. The maximum Gasteiger partial charge on any atom is 0.115 e. The molecular weight excluding hydrogens is 306 g/mol. The number of rotatable bonds is 2. The molecule has 2 aromatic rings. The van der Waals surface area contributed by atoms with Crippen molar-refractivity contribution < 1.29 is 5.11 Å². The molecule has 0 aromatic heterocycles. The van der Waals surface area contributed by atoms with Crippen LogP contribution in [0.5, 0.6) is 5.75 Å². The Morgan fingerprint density at radius 3 is 2.60 bits per heavy atom. The second-order valence-corrected chi connectivity index (χ2v) is 8.25. The normalized spacial score (nSPS) is 33.0. The molecule has 2 nitrogen and oxygen atoms in total. The summed E-state index contributed by atoms with van der Waals surface area (Å²) in [4.78, 5) is 2.73. The Kier molecular flexibility index (Phi) is 4.33. The van der Waals surface area contributed by atoms with Crippen molar-refractivity contribution in [3.63, 3.8) is 0 Å². The van der Waals surface area contributed by atoms with Crippen LogP contribution in [0.25, 0.3) is 0 Å². The van der Waals surface area contributed by atoms with Crippen LogP contribution in [0, 0.1) is 5.92 Å². The van der Waals surface area contributed by atoms with Crippen LogP contribution in [-0.2, 0) is 5.41 Å². The fraction of sp³-hybridized carbons (Fsp3) is 0.478. The van der Waals surface area contributed by atoms with Gasteiger partial charge >= 0.3 is 0 Å². The fourth-order valence-electron chi connectivity index (χ4n) is 5.18. The average Bonchev–Trinajstić information content (AvgIpc) is 2.65. The fourth-order valence-corrected chi connectivity index (χ4v) is 5.18. The second kappa shape index (κ2) is 6.49. The number of aromatic hydroxyl groups is 1. The zero-order chi connectivity index (χ0) is 17.4. The standard InChI is InChI=1S/C23H29NO/c1-17-22-12-11-19(18-7-4-3-5-8-18)16-24(22)14-13-23(17,2)20-9-6-10-21(25)15-20/h3-10,15,17,19,22,25H,11-14,16H2,1-2H3/t17?,19?,22?,23-/m1/s1. The topological polar surface area (TPSA) is 23.5 Å². The lowest BCUT2D eigenvalue weighted by molar-refractivity contribution is 0.0108. The van der Waals surface area contributed by atoms with Crippen molar-refractivity contribution >= 4 is 0 Å². The molecule has 132 valence electrons. The number of piperidine rings is 2. The maximum atomic E-state index is 9.93. The first-order valence-corrected chi connectivity index (χ1v) is 9.66.